The van der Waals surface area contributed by atoms with E-state index in [9.17, 15) is 9.59 Å². The van der Waals surface area contributed by atoms with Gasteiger partial charge in [-0.2, -0.15) is 0 Å². The van der Waals surface area contributed by atoms with Crippen LogP contribution in [0.3, 0.4) is 0 Å². The van der Waals surface area contributed by atoms with Gasteiger partial charge in [0.05, 0.1) is 13.2 Å². The molecule has 1 aliphatic heterocycles. The molecule has 0 atom stereocenters. The number of morpholine rings is 1. The molecule has 1 N–H and O–H groups in total. The van der Waals surface area contributed by atoms with Gasteiger partial charge in [-0.15, -0.1) is 0 Å². The Kier molecular flexibility index (Phi) is 6.08. The number of carbonyl (C=O) groups is 2. The highest BCUT2D eigenvalue weighted by atomic mass is 16.5. The van der Waals surface area contributed by atoms with E-state index in [1.807, 2.05) is 29.2 Å². The molecule has 136 valence electrons. The normalized spacial score (nSPS) is 24.0. The number of anilines is 1. The largest absolute Gasteiger partial charge is 0.378 e. The molecule has 2 aliphatic rings. The van der Waals surface area contributed by atoms with Gasteiger partial charge in [-0.1, -0.05) is 19.1 Å². The third-order valence-electron chi connectivity index (χ3n) is 5.40. The van der Waals surface area contributed by atoms with E-state index in [1.54, 1.807) is 0 Å². The maximum atomic E-state index is 12.6. The lowest BCUT2D eigenvalue weighted by Crippen LogP contribution is -2.44. The zero-order valence-electron chi connectivity index (χ0n) is 15.0. The van der Waals surface area contributed by atoms with Gasteiger partial charge < -0.3 is 15.0 Å². The maximum Gasteiger partial charge on any atom is 0.227 e. The second kappa shape index (κ2) is 8.48. The summed E-state index contributed by atoms with van der Waals surface area (Å²) in [5.41, 5.74) is 2.12. The lowest BCUT2D eigenvalue weighted by molar-refractivity contribution is -0.141. The van der Waals surface area contributed by atoms with Crippen molar-refractivity contribution in [3.63, 3.8) is 0 Å². The molecule has 5 heteroatoms. The molecule has 1 aromatic carbocycles. The second-order valence-electron chi connectivity index (χ2n) is 7.03. The predicted octanol–water partition coefficient (Wildman–Crippen LogP) is 2.85. The Balaban J connectivity index is 1.47. The molecule has 0 bridgehead atoms. The number of rotatable bonds is 4. The fourth-order valence-electron chi connectivity index (χ4n) is 3.71. The standard InChI is InChI=1S/C20H28N2O3/c1-2-15-3-9-18(10-4-15)21-19(23)16-5-7-17(8-6-16)20(24)22-11-13-25-14-12-22/h3-4,9-10,16-17H,2,5-8,11-14H2,1H3,(H,21,23). The van der Waals surface area contributed by atoms with Crippen molar-refractivity contribution >= 4 is 17.5 Å². The van der Waals surface area contributed by atoms with Gasteiger partial charge in [0.15, 0.2) is 0 Å². The lowest BCUT2D eigenvalue weighted by atomic mass is 9.81. The summed E-state index contributed by atoms with van der Waals surface area (Å²) in [5.74, 6) is 0.421. The molecule has 0 aromatic heterocycles. The average molecular weight is 344 g/mol. The highest BCUT2D eigenvalue weighted by Crippen LogP contribution is 2.31. The van der Waals surface area contributed by atoms with Crippen molar-refractivity contribution in [3.05, 3.63) is 29.8 Å². The Labute approximate surface area is 149 Å². The number of nitrogens with one attached hydrogen (secondary N) is 1. The van der Waals surface area contributed by atoms with Crippen molar-refractivity contribution < 1.29 is 14.3 Å². The minimum Gasteiger partial charge on any atom is -0.378 e. The molecule has 25 heavy (non-hydrogen) atoms. The zero-order valence-corrected chi connectivity index (χ0v) is 15.0. The first-order valence-corrected chi connectivity index (χ1v) is 9.43. The van der Waals surface area contributed by atoms with Gasteiger partial charge in [0.1, 0.15) is 0 Å². The average Bonchev–Trinajstić information content (AvgIpc) is 2.69. The highest BCUT2D eigenvalue weighted by Gasteiger charge is 2.32. The molecule has 2 amide bonds. The van der Waals surface area contributed by atoms with E-state index in [-0.39, 0.29) is 23.7 Å². The van der Waals surface area contributed by atoms with Crippen LogP contribution >= 0.6 is 0 Å². The summed E-state index contributed by atoms with van der Waals surface area (Å²) in [4.78, 5) is 26.9. The SMILES string of the molecule is CCc1ccc(NC(=O)C2CCC(C(=O)N3CCOCC3)CC2)cc1. The quantitative estimate of drug-likeness (QED) is 0.914. The molecule has 1 saturated heterocycles. The Morgan fingerprint density at radius 2 is 1.64 bits per heavy atom. The van der Waals surface area contributed by atoms with Crippen LogP contribution in [0.5, 0.6) is 0 Å². The Morgan fingerprint density at radius 3 is 2.24 bits per heavy atom. The fraction of sp³-hybridized carbons (Fsp3) is 0.600. The molecule has 0 spiro atoms. The molecule has 3 rings (SSSR count). The lowest BCUT2D eigenvalue weighted by Gasteiger charge is -2.33. The van der Waals surface area contributed by atoms with Crippen LogP contribution in [0.1, 0.15) is 38.2 Å². The number of amides is 2. The topological polar surface area (TPSA) is 58.6 Å². The number of nitrogens with zero attached hydrogens (tertiary/aromatic N) is 1. The van der Waals surface area contributed by atoms with Crippen LogP contribution < -0.4 is 5.32 Å². The van der Waals surface area contributed by atoms with Crippen molar-refractivity contribution in [2.45, 2.75) is 39.0 Å². The van der Waals surface area contributed by atoms with Crippen LogP contribution in [0.25, 0.3) is 0 Å². The predicted molar refractivity (Wildman–Crippen MR) is 97.3 cm³/mol. The van der Waals surface area contributed by atoms with E-state index in [0.29, 0.717) is 26.3 Å². The van der Waals surface area contributed by atoms with Crippen LogP contribution in [0.15, 0.2) is 24.3 Å². The van der Waals surface area contributed by atoms with Gasteiger partial charge in [-0.05, 0) is 49.8 Å². The maximum absolute atomic E-state index is 12.6. The number of aryl methyl sites for hydroxylation is 1. The number of hydrogen-bond acceptors (Lipinski definition) is 3. The molecule has 2 fully saturated rings. The molecule has 1 heterocycles. The van der Waals surface area contributed by atoms with Crippen molar-refractivity contribution in [1.29, 1.82) is 0 Å². The number of hydrogen-bond donors (Lipinski definition) is 1. The molecule has 0 radical (unpaired) electrons. The summed E-state index contributed by atoms with van der Waals surface area (Å²) < 4.78 is 5.31. The van der Waals surface area contributed by atoms with Gasteiger partial charge in [0.25, 0.3) is 0 Å². The minimum atomic E-state index is 0.0135. The third-order valence-corrected chi connectivity index (χ3v) is 5.40. The molecular weight excluding hydrogens is 316 g/mol. The summed E-state index contributed by atoms with van der Waals surface area (Å²) in [5, 5.41) is 3.02. The fourth-order valence-corrected chi connectivity index (χ4v) is 3.71. The van der Waals surface area contributed by atoms with E-state index < -0.39 is 0 Å². The summed E-state index contributed by atoms with van der Waals surface area (Å²) in [7, 11) is 0. The highest BCUT2D eigenvalue weighted by molar-refractivity contribution is 5.92. The Bertz CT molecular complexity index is 585. The first-order valence-electron chi connectivity index (χ1n) is 9.43. The van der Waals surface area contributed by atoms with E-state index >= 15 is 0 Å². The minimum absolute atomic E-state index is 0.0135. The van der Waals surface area contributed by atoms with Crippen LogP contribution in [0.4, 0.5) is 5.69 Å². The smallest absolute Gasteiger partial charge is 0.227 e. The van der Waals surface area contributed by atoms with Crippen molar-refractivity contribution in [2.24, 2.45) is 11.8 Å². The molecular formula is C20H28N2O3. The Hall–Kier alpha value is -1.88. The molecule has 1 aromatic rings. The van der Waals surface area contributed by atoms with E-state index in [1.165, 1.54) is 5.56 Å². The van der Waals surface area contributed by atoms with E-state index in [2.05, 4.69) is 12.2 Å². The summed E-state index contributed by atoms with van der Waals surface area (Å²) in [6.07, 6.45) is 4.20. The van der Waals surface area contributed by atoms with E-state index in [4.69, 9.17) is 4.74 Å². The van der Waals surface area contributed by atoms with Gasteiger partial charge in [0.2, 0.25) is 11.8 Å². The van der Waals surface area contributed by atoms with Gasteiger partial charge in [-0.25, -0.2) is 0 Å². The van der Waals surface area contributed by atoms with Crippen LogP contribution in [0.2, 0.25) is 0 Å². The van der Waals surface area contributed by atoms with Crippen LogP contribution in [-0.4, -0.2) is 43.0 Å². The van der Waals surface area contributed by atoms with Gasteiger partial charge in [-0.3, -0.25) is 9.59 Å². The van der Waals surface area contributed by atoms with Crippen molar-refractivity contribution in [3.8, 4) is 0 Å². The molecule has 0 unspecified atom stereocenters. The first-order chi connectivity index (χ1) is 12.2. The monoisotopic (exact) mass is 344 g/mol. The number of carbonyl (C=O) groups excluding carboxylic acids is 2. The Morgan fingerprint density at radius 1 is 1.04 bits per heavy atom. The number of benzene rings is 1. The van der Waals surface area contributed by atoms with Crippen molar-refractivity contribution in [2.75, 3.05) is 31.6 Å². The zero-order chi connectivity index (χ0) is 17.6. The van der Waals surface area contributed by atoms with Crippen LogP contribution in [0, 0.1) is 11.8 Å². The van der Waals surface area contributed by atoms with Crippen molar-refractivity contribution in [1.82, 2.24) is 4.90 Å². The summed E-state index contributed by atoms with van der Waals surface area (Å²) >= 11 is 0. The second-order valence-corrected chi connectivity index (χ2v) is 7.03. The summed E-state index contributed by atoms with van der Waals surface area (Å²) in [6, 6.07) is 8.02. The third kappa shape index (κ3) is 4.60. The van der Waals surface area contributed by atoms with Gasteiger partial charge in [0, 0.05) is 30.6 Å². The molecule has 1 saturated carbocycles. The van der Waals surface area contributed by atoms with Crippen LogP contribution in [-0.2, 0) is 20.7 Å². The first kappa shape index (κ1) is 17.9. The summed E-state index contributed by atoms with van der Waals surface area (Å²) in [6.45, 7) is 4.80. The number of ether oxygens (including phenoxy) is 1. The van der Waals surface area contributed by atoms with Gasteiger partial charge >= 0.3 is 0 Å². The molecule has 5 nitrogen and oxygen atoms in total. The molecule has 1 aliphatic carbocycles. The van der Waals surface area contributed by atoms with E-state index in [0.717, 1.165) is 37.8 Å².